The first-order chi connectivity index (χ1) is 12.2. The Bertz CT molecular complexity index is 497. The average Bonchev–Trinajstić information content (AvgIpc) is 3.08. The maximum Gasteiger partial charge on any atom is 0.172 e. The first kappa shape index (κ1) is 19.0. The minimum absolute atomic E-state index is 0.478. The zero-order chi connectivity index (χ0) is 18.7. The zero-order valence-electron chi connectivity index (χ0n) is 16.1. The standard InChI is InChI=1S/C18H30O8/c1-16(2)22-11-10(19)12-14(25-17(3,4)23-12)15(13(11)24-16)26-18(20-5)6-8-21-9-7-18/h10-15,19H,6-9H2,1-5H3/t10-,11-,12-,13+,14-,15-/m1/s1. The molecule has 4 rings (SSSR count). The first-order valence-electron chi connectivity index (χ1n) is 9.35. The fraction of sp³-hybridized carbons (Fsp3) is 1.00. The fourth-order valence-corrected chi connectivity index (χ4v) is 4.48. The summed E-state index contributed by atoms with van der Waals surface area (Å²) >= 11 is 0. The Hall–Kier alpha value is -0.320. The highest BCUT2D eigenvalue weighted by Gasteiger charge is 2.64. The second-order valence-corrected chi connectivity index (χ2v) is 8.43. The summed E-state index contributed by atoms with van der Waals surface area (Å²) in [4.78, 5) is 0. The van der Waals surface area contributed by atoms with Gasteiger partial charge in [0.1, 0.15) is 36.6 Å². The van der Waals surface area contributed by atoms with Gasteiger partial charge < -0.3 is 38.3 Å². The molecule has 4 aliphatic rings. The van der Waals surface area contributed by atoms with E-state index in [9.17, 15) is 5.11 Å². The topological polar surface area (TPSA) is 84.8 Å². The van der Waals surface area contributed by atoms with E-state index in [-0.39, 0.29) is 0 Å². The van der Waals surface area contributed by atoms with Crippen LogP contribution < -0.4 is 0 Å². The number of aliphatic hydroxyl groups is 1. The molecule has 3 aliphatic heterocycles. The molecule has 8 heteroatoms. The van der Waals surface area contributed by atoms with Crippen molar-refractivity contribution < 1.29 is 38.3 Å². The van der Waals surface area contributed by atoms with Gasteiger partial charge in [-0.3, -0.25) is 0 Å². The van der Waals surface area contributed by atoms with Crippen molar-refractivity contribution in [3.05, 3.63) is 0 Å². The van der Waals surface area contributed by atoms with Crippen molar-refractivity contribution in [1.82, 2.24) is 0 Å². The van der Waals surface area contributed by atoms with Gasteiger partial charge in [0.25, 0.3) is 0 Å². The van der Waals surface area contributed by atoms with Crippen molar-refractivity contribution in [1.29, 1.82) is 0 Å². The van der Waals surface area contributed by atoms with Crippen molar-refractivity contribution in [3.63, 3.8) is 0 Å². The van der Waals surface area contributed by atoms with Gasteiger partial charge in [0.2, 0.25) is 0 Å². The fourth-order valence-electron chi connectivity index (χ4n) is 4.48. The molecule has 26 heavy (non-hydrogen) atoms. The molecule has 0 unspecified atom stereocenters. The van der Waals surface area contributed by atoms with Crippen LogP contribution in [-0.2, 0) is 33.2 Å². The molecule has 3 heterocycles. The molecule has 0 radical (unpaired) electrons. The summed E-state index contributed by atoms with van der Waals surface area (Å²) in [5.41, 5.74) is 0. The van der Waals surface area contributed by atoms with E-state index in [0.717, 1.165) is 0 Å². The molecular formula is C18H30O8. The van der Waals surface area contributed by atoms with Gasteiger partial charge in [-0.2, -0.15) is 0 Å². The van der Waals surface area contributed by atoms with Crippen LogP contribution >= 0.6 is 0 Å². The van der Waals surface area contributed by atoms with Gasteiger partial charge in [0.15, 0.2) is 17.4 Å². The minimum Gasteiger partial charge on any atom is -0.387 e. The van der Waals surface area contributed by atoms with Crippen LogP contribution in [0.5, 0.6) is 0 Å². The monoisotopic (exact) mass is 374 g/mol. The van der Waals surface area contributed by atoms with Crippen LogP contribution in [0.1, 0.15) is 40.5 Å². The Morgan fingerprint density at radius 3 is 1.73 bits per heavy atom. The lowest BCUT2D eigenvalue weighted by Gasteiger charge is -2.46. The SMILES string of the molecule is COC1(O[C@@H]2[C@H]3OC(C)(C)O[C@@H]3[C@@H](O)[C@H]3OC(C)(C)O[C@@H]23)CCOCC1. The molecule has 0 spiro atoms. The van der Waals surface area contributed by atoms with Crippen LogP contribution in [0, 0.1) is 0 Å². The number of hydrogen-bond donors (Lipinski definition) is 1. The highest BCUT2D eigenvalue weighted by molar-refractivity contribution is 5.08. The van der Waals surface area contributed by atoms with Gasteiger partial charge in [-0.1, -0.05) is 0 Å². The molecule has 0 amide bonds. The largest absolute Gasteiger partial charge is 0.387 e. The van der Waals surface area contributed by atoms with Gasteiger partial charge in [0, 0.05) is 20.0 Å². The summed E-state index contributed by atoms with van der Waals surface area (Å²) in [6, 6.07) is 0. The number of methoxy groups -OCH3 is 1. The normalized spacial score (nSPS) is 45.9. The molecule has 6 atom stereocenters. The Kier molecular flexibility index (Phi) is 4.65. The Morgan fingerprint density at radius 1 is 0.808 bits per heavy atom. The van der Waals surface area contributed by atoms with Crippen LogP contribution in [0.2, 0.25) is 0 Å². The van der Waals surface area contributed by atoms with E-state index < -0.39 is 54.0 Å². The predicted octanol–water partition coefficient (Wildman–Crippen LogP) is 0.939. The molecule has 1 N–H and O–H groups in total. The van der Waals surface area contributed by atoms with Crippen molar-refractivity contribution in [3.8, 4) is 0 Å². The van der Waals surface area contributed by atoms with Crippen LogP contribution in [0.15, 0.2) is 0 Å². The maximum atomic E-state index is 10.8. The molecule has 0 aromatic rings. The van der Waals surface area contributed by atoms with E-state index in [1.54, 1.807) is 7.11 Å². The van der Waals surface area contributed by atoms with Crippen LogP contribution in [0.4, 0.5) is 0 Å². The lowest BCUT2D eigenvalue weighted by Crippen LogP contribution is -2.64. The van der Waals surface area contributed by atoms with E-state index in [2.05, 4.69) is 0 Å². The lowest BCUT2D eigenvalue weighted by atomic mass is 9.84. The summed E-state index contributed by atoms with van der Waals surface area (Å²) in [6.45, 7) is 8.45. The summed E-state index contributed by atoms with van der Waals surface area (Å²) in [7, 11) is 1.64. The minimum atomic E-state index is -0.860. The van der Waals surface area contributed by atoms with Crippen molar-refractivity contribution >= 4 is 0 Å². The molecule has 0 bridgehead atoms. The van der Waals surface area contributed by atoms with Crippen molar-refractivity contribution in [2.24, 2.45) is 0 Å². The molecule has 1 saturated carbocycles. The lowest BCUT2D eigenvalue weighted by molar-refractivity contribution is -0.313. The van der Waals surface area contributed by atoms with E-state index in [0.29, 0.717) is 26.1 Å². The van der Waals surface area contributed by atoms with Gasteiger partial charge >= 0.3 is 0 Å². The molecule has 0 aromatic carbocycles. The number of aliphatic hydroxyl groups excluding tert-OH is 1. The average molecular weight is 374 g/mol. The molecule has 8 nitrogen and oxygen atoms in total. The maximum absolute atomic E-state index is 10.8. The number of hydrogen-bond acceptors (Lipinski definition) is 8. The predicted molar refractivity (Wildman–Crippen MR) is 88.3 cm³/mol. The van der Waals surface area contributed by atoms with Crippen molar-refractivity contribution in [2.75, 3.05) is 20.3 Å². The first-order valence-corrected chi connectivity index (χ1v) is 9.35. The summed E-state index contributed by atoms with van der Waals surface area (Å²) in [5.74, 6) is -2.41. The van der Waals surface area contributed by atoms with Gasteiger partial charge in [0.05, 0.1) is 13.2 Å². The molecule has 150 valence electrons. The molecule has 1 aliphatic carbocycles. The second kappa shape index (κ2) is 6.35. The summed E-state index contributed by atoms with van der Waals surface area (Å²) in [5, 5.41) is 10.8. The van der Waals surface area contributed by atoms with Gasteiger partial charge in [-0.15, -0.1) is 0 Å². The molecule has 3 saturated heterocycles. The van der Waals surface area contributed by atoms with Gasteiger partial charge in [-0.05, 0) is 27.7 Å². The molecule has 4 fully saturated rings. The van der Waals surface area contributed by atoms with Gasteiger partial charge in [-0.25, -0.2) is 0 Å². The van der Waals surface area contributed by atoms with E-state index in [4.69, 9.17) is 33.2 Å². The van der Waals surface area contributed by atoms with E-state index in [1.165, 1.54) is 0 Å². The Labute approximate surface area is 154 Å². The smallest absolute Gasteiger partial charge is 0.172 e. The van der Waals surface area contributed by atoms with E-state index in [1.807, 2.05) is 27.7 Å². The highest BCUT2D eigenvalue weighted by atomic mass is 16.8. The van der Waals surface area contributed by atoms with Crippen molar-refractivity contribution in [2.45, 2.75) is 94.5 Å². The van der Waals surface area contributed by atoms with E-state index >= 15 is 0 Å². The quantitative estimate of drug-likeness (QED) is 0.731. The Balaban J connectivity index is 1.65. The molecular weight excluding hydrogens is 344 g/mol. The summed E-state index contributed by atoms with van der Waals surface area (Å²) < 4.78 is 41.9. The van der Waals surface area contributed by atoms with Crippen LogP contribution in [0.25, 0.3) is 0 Å². The third-order valence-electron chi connectivity index (χ3n) is 5.63. The summed E-state index contributed by atoms with van der Waals surface area (Å²) in [6.07, 6.45) is -2.18. The second-order valence-electron chi connectivity index (χ2n) is 8.43. The third-order valence-corrected chi connectivity index (χ3v) is 5.63. The van der Waals surface area contributed by atoms with Crippen LogP contribution in [0.3, 0.4) is 0 Å². The zero-order valence-corrected chi connectivity index (χ0v) is 16.1. The third kappa shape index (κ3) is 3.20. The number of fused-ring (bicyclic) bond motifs is 2. The number of ether oxygens (including phenoxy) is 7. The Morgan fingerprint density at radius 2 is 1.27 bits per heavy atom. The van der Waals surface area contributed by atoms with Crippen LogP contribution in [-0.4, -0.2) is 79.4 Å². The number of rotatable bonds is 3. The molecule has 0 aromatic heterocycles. The highest BCUT2D eigenvalue weighted by Crippen LogP contribution is 2.46.